The quantitative estimate of drug-likeness (QED) is 0.0243. The number of phenolic OH excluding ortho intramolecular Hbond substituents is 5. The van der Waals surface area contributed by atoms with E-state index in [9.17, 15) is 54.3 Å². The van der Waals surface area contributed by atoms with Gasteiger partial charge in [0.05, 0.1) is 51.4 Å². The Balaban J connectivity index is 0.000000150. The van der Waals surface area contributed by atoms with Crippen molar-refractivity contribution in [3.63, 3.8) is 0 Å². The monoisotopic (exact) mass is 1820 g/mol. The summed E-state index contributed by atoms with van der Waals surface area (Å²) in [6, 6.07) is 84.4. The highest BCUT2D eigenvalue weighted by molar-refractivity contribution is 6.33. The molecule has 1 aliphatic rings. The lowest BCUT2D eigenvalue weighted by Gasteiger charge is -2.06. The summed E-state index contributed by atoms with van der Waals surface area (Å²) >= 11 is 23.4. The van der Waals surface area contributed by atoms with Crippen molar-refractivity contribution < 1.29 is 64.1 Å². The number of aliphatic carboxylic acids is 1. The second-order valence-corrected chi connectivity index (χ2v) is 29.9. The molecule has 14 aromatic carbocycles. The van der Waals surface area contributed by atoms with Gasteiger partial charge in [-0.2, -0.15) is 20.4 Å². The molecule has 1 atom stereocenters. The number of nitrogens with one attached hydrogen (secondary N) is 5. The fraction of sp³-hybridized carbons (Fsp3) is 0.0385. The summed E-state index contributed by atoms with van der Waals surface area (Å²) in [5, 5.41) is 82.9. The Morgan fingerprint density at radius 3 is 1.12 bits per heavy atom. The highest BCUT2D eigenvalue weighted by Crippen LogP contribution is 2.31. The van der Waals surface area contributed by atoms with Gasteiger partial charge >= 0.3 is 5.97 Å². The molecule has 648 valence electrons. The van der Waals surface area contributed by atoms with E-state index >= 15 is 0 Å². The van der Waals surface area contributed by atoms with Crippen molar-refractivity contribution in [3.05, 3.63) is 401 Å². The molecule has 2 heterocycles. The number of carbonyl (C=O) groups excluding carboxylic acids is 5. The smallest absolute Gasteiger partial charge is 0.304 e. The number of aromatic nitrogens is 1. The summed E-state index contributed by atoms with van der Waals surface area (Å²) in [6.45, 7) is 0.141. The predicted molar refractivity (Wildman–Crippen MR) is 514 cm³/mol. The van der Waals surface area contributed by atoms with E-state index in [0.29, 0.717) is 11.3 Å². The standard InChI is InChI=1S/C30H21ClN4O4.C26H17ClN2O3.C25H16ClN3O2.C23H17ClN2O4/c31-25-17-21(14-15-26(25)36)28(37)35-33-18-22-13-12-19(23-10-4-5-11-24(22)23)9-6-16-32-30-34-29(38)27(39-30)20-7-2-1-3-8-20;27-24-15-19(12-13-25(24)31)26(32)29-28-16-20-11-10-18(22-6-1-2-7-23(20)22)9-8-17-4-3-5-21(30)14-17;26-23-15-18(11-13-24(23)30)25(31)29-28-16-19-9-8-17(21-6-1-2-7-22(19)21)10-12-20-5-3-4-14-27-20;24-20-13-16(11-12-21(20)27)23(30)26-25-14-17-10-9-15(5-1-4-8-22(28)29)18-6-2-3-7-19(17)18/h1-5,7-8,10-15,17-18,27,36H,16H2,(H,35,37)(H,32,34,38);1-7,10-16,30-31H,(H,29,32);1-9,11,13-16,30H,(H,29,31);2-3,6-7,9-14,27H,4,8H2,(H,26,30)(H,28,29)/b33-18+;2*28-16+;25-14+. The Hall–Kier alpha value is -17.4. The number of hydrogen-bond donors (Lipinski definition) is 11. The first kappa shape index (κ1) is 92.3. The fourth-order valence-electron chi connectivity index (χ4n) is 12.8. The van der Waals surface area contributed by atoms with Gasteiger partial charge in [-0.05, 0) is 176 Å². The predicted octanol–water partition coefficient (Wildman–Crippen LogP) is 18.6. The number of phenols is 5. The Morgan fingerprint density at radius 2 is 0.750 bits per heavy atom. The van der Waals surface area contributed by atoms with E-state index in [2.05, 4.69) is 105 Å². The van der Waals surface area contributed by atoms with Gasteiger partial charge in [-0.25, -0.2) is 31.7 Å². The molecule has 0 aliphatic carbocycles. The topological polar surface area (TPSA) is 368 Å². The molecule has 1 saturated heterocycles. The van der Waals surface area contributed by atoms with Crippen molar-refractivity contribution in [2.45, 2.75) is 18.9 Å². The first-order valence-electron chi connectivity index (χ1n) is 39.9. The third kappa shape index (κ3) is 25.1. The highest BCUT2D eigenvalue weighted by atomic mass is 35.5. The van der Waals surface area contributed by atoms with Crippen molar-refractivity contribution in [2.24, 2.45) is 25.4 Å². The number of amidine groups is 1. The Labute approximate surface area is 775 Å². The molecule has 0 bridgehead atoms. The maximum absolute atomic E-state index is 12.3. The van der Waals surface area contributed by atoms with E-state index in [4.69, 9.17) is 56.2 Å². The van der Waals surface area contributed by atoms with Gasteiger partial charge in [0, 0.05) is 90.5 Å². The Bertz CT molecular complexity index is 7410. The lowest BCUT2D eigenvalue weighted by Crippen LogP contribution is -2.22. The van der Waals surface area contributed by atoms with Crippen LogP contribution < -0.4 is 27.0 Å². The van der Waals surface area contributed by atoms with Crippen LogP contribution in [0.15, 0.2) is 323 Å². The number of ether oxygens (including phenoxy) is 1. The second kappa shape index (κ2) is 45.2. The van der Waals surface area contributed by atoms with E-state index in [-0.39, 0.29) is 96.8 Å². The van der Waals surface area contributed by atoms with Crippen molar-refractivity contribution >= 4 is 156 Å². The van der Waals surface area contributed by atoms with Crippen molar-refractivity contribution in [2.75, 3.05) is 6.54 Å². The normalized spacial score (nSPS) is 12.1. The first-order valence-corrected chi connectivity index (χ1v) is 41.4. The number of aromatic hydroxyl groups is 5. The first-order chi connectivity index (χ1) is 64.1. The average Bonchev–Trinajstić information content (AvgIpc) is 1.61. The highest BCUT2D eigenvalue weighted by Gasteiger charge is 2.32. The van der Waals surface area contributed by atoms with E-state index in [1.807, 2.05) is 200 Å². The third-order valence-electron chi connectivity index (χ3n) is 19.3. The number of rotatable bonds is 16. The van der Waals surface area contributed by atoms with Crippen molar-refractivity contribution in [1.29, 1.82) is 0 Å². The van der Waals surface area contributed by atoms with Crippen LogP contribution in [0.5, 0.6) is 28.7 Å². The molecule has 0 saturated carbocycles. The number of fused-ring (bicyclic) bond motifs is 4. The molecule has 0 radical (unpaired) electrons. The number of nitrogens with zero attached hydrogens (tertiary/aromatic N) is 6. The largest absolute Gasteiger partial charge is 0.508 e. The average molecular weight is 1820 g/mol. The van der Waals surface area contributed by atoms with Gasteiger partial charge in [-0.3, -0.25) is 34.1 Å². The summed E-state index contributed by atoms with van der Waals surface area (Å²) < 4.78 is 5.65. The number of carboxylic acid groups (broad SMARTS) is 1. The molecule has 1 aliphatic heterocycles. The number of carboxylic acids is 1. The van der Waals surface area contributed by atoms with Gasteiger partial charge in [-0.15, -0.1) is 0 Å². The number of carbonyl (C=O) groups is 6. The summed E-state index contributed by atoms with van der Waals surface area (Å²) in [7, 11) is 0. The molecule has 24 nitrogen and oxygen atoms in total. The van der Waals surface area contributed by atoms with Crippen LogP contribution in [0, 0.1) is 47.4 Å². The van der Waals surface area contributed by atoms with Crippen LogP contribution in [0.4, 0.5) is 0 Å². The number of hydrogen-bond acceptors (Lipinski definition) is 18. The zero-order chi connectivity index (χ0) is 92.8. The van der Waals surface area contributed by atoms with Crippen LogP contribution in [0.25, 0.3) is 43.1 Å². The maximum Gasteiger partial charge on any atom is 0.304 e. The Kier molecular flexibility index (Phi) is 31.6. The molecule has 0 spiro atoms. The van der Waals surface area contributed by atoms with Crippen molar-refractivity contribution in [1.82, 2.24) is 32.0 Å². The number of hydrazone groups is 4. The molecule has 1 fully saturated rings. The molecule has 11 N–H and O–H groups in total. The fourth-order valence-corrected chi connectivity index (χ4v) is 13.5. The minimum atomic E-state index is -0.877. The van der Waals surface area contributed by atoms with Crippen LogP contribution in [0.3, 0.4) is 0 Å². The molecule has 28 heteroatoms. The van der Waals surface area contributed by atoms with Crippen LogP contribution in [-0.2, 0) is 14.3 Å². The molecule has 15 aromatic rings. The zero-order valence-electron chi connectivity index (χ0n) is 69.0. The Morgan fingerprint density at radius 1 is 0.386 bits per heavy atom. The molecular formula is C104H71Cl4N11O13. The summed E-state index contributed by atoms with van der Waals surface area (Å²) in [4.78, 5) is 80.4. The third-order valence-corrected chi connectivity index (χ3v) is 20.6. The minimum absolute atomic E-state index is 0.00160. The summed E-state index contributed by atoms with van der Waals surface area (Å²) in [6.07, 6.45) is 7.50. The van der Waals surface area contributed by atoms with Crippen LogP contribution in [0.1, 0.15) is 122 Å². The van der Waals surface area contributed by atoms with Crippen molar-refractivity contribution in [3.8, 4) is 76.1 Å². The van der Waals surface area contributed by atoms with Crippen LogP contribution in [0.2, 0.25) is 20.1 Å². The maximum atomic E-state index is 12.3. The van der Waals surface area contributed by atoms with E-state index in [0.717, 1.165) is 98.7 Å². The molecule has 16 rings (SSSR count). The van der Waals surface area contributed by atoms with Gasteiger partial charge in [0.2, 0.25) is 6.10 Å². The van der Waals surface area contributed by atoms with E-state index in [1.165, 1.54) is 79.0 Å². The molecule has 5 amide bonds. The van der Waals surface area contributed by atoms with E-state index in [1.54, 1.807) is 43.0 Å². The lowest BCUT2D eigenvalue weighted by molar-refractivity contribution is -0.136. The van der Waals surface area contributed by atoms with Gasteiger partial charge in [-0.1, -0.05) is 252 Å². The lowest BCUT2D eigenvalue weighted by atomic mass is 10.00. The minimum Gasteiger partial charge on any atom is -0.508 e. The van der Waals surface area contributed by atoms with Crippen LogP contribution in [-0.4, -0.2) is 109 Å². The van der Waals surface area contributed by atoms with Gasteiger partial charge in [0.1, 0.15) is 41.0 Å². The van der Waals surface area contributed by atoms with Gasteiger partial charge in [0.15, 0.2) is 0 Å². The SMILES string of the molecule is O=C(N/N=C/c1ccc(C#CCN=C2NC(=O)C(c3ccccc3)O2)c2ccccc12)c1ccc(O)c(Cl)c1.O=C(N/N=C/c1ccc(C#Cc2cccc(O)c2)c2ccccc12)c1ccc(O)c(Cl)c1.O=C(N/N=C/c1ccc(C#Cc2ccccn2)c2ccccc12)c1ccc(O)c(Cl)c1.O=C(O)CCC#Cc1ccc(/C=N/NC(=O)c2ccc(O)c(Cl)c2)c2ccccc12. The van der Waals surface area contributed by atoms with Crippen LogP contribution >= 0.6 is 46.4 Å². The zero-order valence-corrected chi connectivity index (χ0v) is 72.1. The molecular weight excluding hydrogens is 1750 g/mol. The number of aliphatic imine (C=N–C) groups is 1. The van der Waals surface area contributed by atoms with Gasteiger partial charge < -0.3 is 35.4 Å². The number of amides is 5. The summed E-state index contributed by atoms with van der Waals surface area (Å²) in [5.74, 6) is 21.4. The van der Waals surface area contributed by atoms with E-state index < -0.39 is 35.7 Å². The number of halogens is 4. The molecule has 1 aromatic heterocycles. The second-order valence-electron chi connectivity index (χ2n) is 28.2. The number of pyridine rings is 1. The number of benzene rings is 14. The summed E-state index contributed by atoms with van der Waals surface area (Å²) in [5.41, 5.74) is 19.6. The van der Waals surface area contributed by atoms with Gasteiger partial charge in [0.25, 0.3) is 35.6 Å². The molecule has 132 heavy (non-hydrogen) atoms. The molecule has 1 unspecified atom stereocenters.